The van der Waals surface area contributed by atoms with Gasteiger partial charge in [-0.1, -0.05) is 19.9 Å². The Kier molecular flexibility index (Phi) is 6.36. The standard InChI is InChI=1S/C14H23N3O/c1-4-12(5-2)17-14(18)10-15-9-13-11(3)7-6-8-16-13/h6-8,12,15H,4-5,9-10H2,1-3H3,(H,17,18). The van der Waals surface area contributed by atoms with Crippen LogP contribution >= 0.6 is 0 Å². The van der Waals surface area contributed by atoms with E-state index in [0.29, 0.717) is 13.1 Å². The van der Waals surface area contributed by atoms with Gasteiger partial charge < -0.3 is 10.6 Å². The third kappa shape index (κ3) is 4.84. The normalized spacial score (nSPS) is 10.7. The van der Waals surface area contributed by atoms with Gasteiger partial charge in [0, 0.05) is 18.8 Å². The largest absolute Gasteiger partial charge is 0.352 e. The molecule has 1 aromatic heterocycles. The van der Waals surface area contributed by atoms with Crippen LogP contribution in [0.4, 0.5) is 0 Å². The van der Waals surface area contributed by atoms with Gasteiger partial charge in [-0.25, -0.2) is 0 Å². The van der Waals surface area contributed by atoms with Crippen LogP contribution in [0.2, 0.25) is 0 Å². The van der Waals surface area contributed by atoms with Crippen LogP contribution in [0.15, 0.2) is 18.3 Å². The molecule has 0 saturated carbocycles. The number of nitrogens with zero attached hydrogens (tertiary/aromatic N) is 1. The predicted octanol–water partition coefficient (Wildman–Crippen LogP) is 1.78. The highest BCUT2D eigenvalue weighted by molar-refractivity contribution is 5.78. The molecule has 0 bridgehead atoms. The molecule has 0 atom stereocenters. The Bertz CT molecular complexity index is 375. The first-order chi connectivity index (χ1) is 8.67. The third-order valence-corrected chi connectivity index (χ3v) is 3.05. The van der Waals surface area contributed by atoms with Crippen molar-refractivity contribution in [2.75, 3.05) is 6.54 Å². The number of nitrogens with one attached hydrogen (secondary N) is 2. The molecular weight excluding hydrogens is 226 g/mol. The van der Waals surface area contributed by atoms with E-state index in [1.165, 1.54) is 0 Å². The number of hydrogen-bond acceptors (Lipinski definition) is 3. The van der Waals surface area contributed by atoms with E-state index in [1.54, 1.807) is 6.20 Å². The monoisotopic (exact) mass is 249 g/mol. The minimum Gasteiger partial charge on any atom is -0.352 e. The van der Waals surface area contributed by atoms with Gasteiger partial charge in [-0.3, -0.25) is 9.78 Å². The maximum atomic E-state index is 11.7. The zero-order chi connectivity index (χ0) is 13.4. The number of rotatable bonds is 7. The summed E-state index contributed by atoms with van der Waals surface area (Å²) < 4.78 is 0. The Labute approximate surface area is 109 Å². The highest BCUT2D eigenvalue weighted by Gasteiger charge is 2.07. The lowest BCUT2D eigenvalue weighted by Crippen LogP contribution is -2.39. The van der Waals surface area contributed by atoms with Crippen molar-refractivity contribution in [2.45, 2.75) is 46.2 Å². The van der Waals surface area contributed by atoms with Crippen molar-refractivity contribution in [3.63, 3.8) is 0 Å². The van der Waals surface area contributed by atoms with Crippen LogP contribution in [0.1, 0.15) is 37.9 Å². The molecule has 18 heavy (non-hydrogen) atoms. The minimum absolute atomic E-state index is 0.0530. The Morgan fingerprint density at radius 2 is 2.11 bits per heavy atom. The molecule has 4 nitrogen and oxygen atoms in total. The van der Waals surface area contributed by atoms with E-state index >= 15 is 0 Å². The number of aryl methyl sites for hydroxylation is 1. The number of aromatic nitrogens is 1. The summed E-state index contributed by atoms with van der Waals surface area (Å²) in [4.78, 5) is 15.9. The van der Waals surface area contributed by atoms with Crippen LogP contribution in [0.25, 0.3) is 0 Å². The first-order valence-electron chi connectivity index (χ1n) is 6.57. The lowest BCUT2D eigenvalue weighted by Gasteiger charge is -2.15. The van der Waals surface area contributed by atoms with Crippen molar-refractivity contribution in [2.24, 2.45) is 0 Å². The van der Waals surface area contributed by atoms with Crippen molar-refractivity contribution in [3.8, 4) is 0 Å². The van der Waals surface area contributed by atoms with Gasteiger partial charge in [0.2, 0.25) is 5.91 Å². The van der Waals surface area contributed by atoms with Gasteiger partial charge in [0.1, 0.15) is 0 Å². The summed E-state index contributed by atoms with van der Waals surface area (Å²) in [5, 5.41) is 6.12. The molecule has 1 heterocycles. The van der Waals surface area contributed by atoms with Crippen LogP contribution < -0.4 is 10.6 Å². The minimum atomic E-state index is 0.0530. The molecule has 0 aliphatic heterocycles. The van der Waals surface area contributed by atoms with E-state index in [2.05, 4.69) is 29.5 Å². The number of hydrogen-bond donors (Lipinski definition) is 2. The fourth-order valence-electron chi connectivity index (χ4n) is 1.77. The van der Waals surface area contributed by atoms with Gasteiger partial charge in [0.25, 0.3) is 0 Å². The van der Waals surface area contributed by atoms with Crippen molar-refractivity contribution >= 4 is 5.91 Å². The summed E-state index contributed by atoms with van der Waals surface area (Å²) in [6.45, 7) is 7.15. The van der Waals surface area contributed by atoms with Gasteiger partial charge in [-0.2, -0.15) is 0 Å². The van der Waals surface area contributed by atoms with Gasteiger partial charge >= 0.3 is 0 Å². The molecule has 0 aliphatic rings. The molecule has 0 radical (unpaired) electrons. The van der Waals surface area contributed by atoms with Gasteiger partial charge in [0.15, 0.2) is 0 Å². The van der Waals surface area contributed by atoms with Crippen LogP contribution in [-0.2, 0) is 11.3 Å². The molecule has 0 saturated heterocycles. The first kappa shape index (κ1) is 14.6. The fraction of sp³-hybridized carbons (Fsp3) is 0.571. The number of pyridine rings is 1. The molecule has 100 valence electrons. The highest BCUT2D eigenvalue weighted by atomic mass is 16.1. The van der Waals surface area contributed by atoms with E-state index in [4.69, 9.17) is 0 Å². The summed E-state index contributed by atoms with van der Waals surface area (Å²) >= 11 is 0. The number of carbonyl (C=O) groups excluding carboxylic acids is 1. The van der Waals surface area contributed by atoms with Gasteiger partial charge in [-0.15, -0.1) is 0 Å². The number of carbonyl (C=O) groups is 1. The second kappa shape index (κ2) is 7.82. The SMILES string of the molecule is CCC(CC)NC(=O)CNCc1ncccc1C. The van der Waals surface area contributed by atoms with E-state index < -0.39 is 0 Å². The van der Waals surface area contributed by atoms with Crippen LogP contribution in [0.3, 0.4) is 0 Å². The van der Waals surface area contributed by atoms with Crippen LogP contribution in [0, 0.1) is 6.92 Å². The fourth-order valence-corrected chi connectivity index (χ4v) is 1.77. The summed E-state index contributed by atoms with van der Waals surface area (Å²) in [7, 11) is 0. The summed E-state index contributed by atoms with van der Waals surface area (Å²) in [5.74, 6) is 0.0530. The third-order valence-electron chi connectivity index (χ3n) is 3.05. The molecule has 0 aliphatic carbocycles. The van der Waals surface area contributed by atoms with Gasteiger partial charge in [-0.05, 0) is 31.4 Å². The van der Waals surface area contributed by atoms with Crippen molar-refractivity contribution < 1.29 is 4.79 Å². The maximum Gasteiger partial charge on any atom is 0.234 e. The molecular formula is C14H23N3O. The second-order valence-electron chi connectivity index (χ2n) is 4.45. The zero-order valence-corrected chi connectivity index (χ0v) is 11.5. The molecule has 0 unspecified atom stereocenters. The first-order valence-corrected chi connectivity index (χ1v) is 6.57. The van der Waals surface area contributed by atoms with Crippen LogP contribution in [-0.4, -0.2) is 23.5 Å². The molecule has 0 fully saturated rings. The average molecular weight is 249 g/mol. The van der Waals surface area contributed by atoms with Crippen molar-refractivity contribution in [1.82, 2.24) is 15.6 Å². The average Bonchev–Trinajstić information content (AvgIpc) is 2.38. The van der Waals surface area contributed by atoms with E-state index in [0.717, 1.165) is 24.1 Å². The lowest BCUT2D eigenvalue weighted by molar-refractivity contribution is -0.121. The molecule has 0 aromatic carbocycles. The Balaban J connectivity index is 2.29. The molecule has 1 aromatic rings. The predicted molar refractivity (Wildman–Crippen MR) is 73.2 cm³/mol. The van der Waals surface area contributed by atoms with E-state index in [-0.39, 0.29) is 11.9 Å². The molecule has 0 spiro atoms. The molecule has 1 rings (SSSR count). The summed E-state index contributed by atoms with van der Waals surface area (Å²) in [6, 6.07) is 4.23. The number of amides is 1. The highest BCUT2D eigenvalue weighted by Crippen LogP contribution is 2.01. The van der Waals surface area contributed by atoms with Crippen molar-refractivity contribution in [1.29, 1.82) is 0 Å². The summed E-state index contributed by atoms with van der Waals surface area (Å²) in [5.41, 5.74) is 2.14. The smallest absolute Gasteiger partial charge is 0.234 e. The maximum absolute atomic E-state index is 11.7. The molecule has 4 heteroatoms. The topological polar surface area (TPSA) is 54.0 Å². The Morgan fingerprint density at radius 1 is 1.39 bits per heavy atom. The lowest BCUT2D eigenvalue weighted by atomic mass is 10.2. The quantitative estimate of drug-likeness (QED) is 0.774. The van der Waals surface area contributed by atoms with E-state index in [9.17, 15) is 4.79 Å². The van der Waals surface area contributed by atoms with Gasteiger partial charge in [0.05, 0.1) is 12.2 Å². The Hall–Kier alpha value is -1.42. The van der Waals surface area contributed by atoms with Crippen molar-refractivity contribution in [3.05, 3.63) is 29.6 Å². The van der Waals surface area contributed by atoms with E-state index in [1.807, 2.05) is 19.1 Å². The Morgan fingerprint density at radius 3 is 2.72 bits per heavy atom. The zero-order valence-electron chi connectivity index (χ0n) is 11.5. The molecule has 1 amide bonds. The summed E-state index contributed by atoms with van der Waals surface area (Å²) in [6.07, 6.45) is 3.72. The van der Waals surface area contributed by atoms with Crippen LogP contribution in [0.5, 0.6) is 0 Å². The molecule has 2 N–H and O–H groups in total. The second-order valence-corrected chi connectivity index (χ2v) is 4.45.